The smallest absolute Gasteiger partial charge is 0.254 e. The number of pyridine rings is 1. The van der Waals surface area contributed by atoms with E-state index in [1.807, 2.05) is 31.2 Å². The lowest BCUT2D eigenvalue weighted by atomic mass is 10.1. The number of nitrogens with one attached hydrogen (secondary N) is 1. The van der Waals surface area contributed by atoms with Gasteiger partial charge in [0.15, 0.2) is 0 Å². The number of halogens is 2. The molecule has 0 saturated carbocycles. The Hall–Kier alpha value is -2.46. The molecule has 0 aliphatic heterocycles. The van der Waals surface area contributed by atoms with Crippen molar-refractivity contribution in [1.29, 1.82) is 0 Å². The van der Waals surface area contributed by atoms with Crippen molar-refractivity contribution in [2.75, 3.05) is 0 Å². The lowest BCUT2D eigenvalue weighted by Crippen LogP contribution is -2.23. The summed E-state index contributed by atoms with van der Waals surface area (Å²) in [6, 6.07) is 13.6. The first-order valence-corrected chi connectivity index (χ1v) is 7.51. The van der Waals surface area contributed by atoms with Crippen molar-refractivity contribution < 1.29 is 9.18 Å². The van der Waals surface area contributed by atoms with Crippen LogP contribution in [0.4, 0.5) is 4.39 Å². The zero-order valence-electron chi connectivity index (χ0n) is 12.4. The molecule has 1 heterocycles. The number of amides is 1. The van der Waals surface area contributed by atoms with E-state index in [4.69, 9.17) is 11.6 Å². The lowest BCUT2D eigenvalue weighted by molar-refractivity contribution is 0.0951. The third-order valence-electron chi connectivity index (χ3n) is 3.68. The van der Waals surface area contributed by atoms with Crippen LogP contribution in [0.15, 0.2) is 48.5 Å². The Bertz CT molecular complexity index is 895. The van der Waals surface area contributed by atoms with Crippen molar-refractivity contribution in [3.05, 3.63) is 76.2 Å². The fourth-order valence-electron chi connectivity index (χ4n) is 2.36. The van der Waals surface area contributed by atoms with Crippen molar-refractivity contribution >= 4 is 28.4 Å². The van der Waals surface area contributed by atoms with E-state index in [1.165, 1.54) is 12.1 Å². The summed E-state index contributed by atoms with van der Waals surface area (Å²) in [4.78, 5) is 16.4. The minimum Gasteiger partial charge on any atom is -0.348 e. The largest absolute Gasteiger partial charge is 0.348 e. The van der Waals surface area contributed by atoms with Crippen LogP contribution in [0.1, 0.15) is 21.5 Å². The van der Waals surface area contributed by atoms with Crippen LogP contribution in [0.25, 0.3) is 10.9 Å². The van der Waals surface area contributed by atoms with Gasteiger partial charge in [0.2, 0.25) is 0 Å². The monoisotopic (exact) mass is 328 g/mol. The summed E-state index contributed by atoms with van der Waals surface area (Å²) in [7, 11) is 0. The van der Waals surface area contributed by atoms with Gasteiger partial charge in [-0.1, -0.05) is 35.9 Å². The molecule has 0 aliphatic rings. The number of rotatable bonds is 3. The molecule has 0 radical (unpaired) electrons. The van der Waals surface area contributed by atoms with E-state index in [-0.39, 0.29) is 16.6 Å². The highest BCUT2D eigenvalue weighted by molar-refractivity contribution is 6.33. The highest BCUT2D eigenvalue weighted by Crippen LogP contribution is 2.21. The van der Waals surface area contributed by atoms with Gasteiger partial charge in [-0.25, -0.2) is 9.37 Å². The van der Waals surface area contributed by atoms with Crippen LogP contribution in [0, 0.1) is 12.7 Å². The maximum atomic E-state index is 13.2. The summed E-state index contributed by atoms with van der Waals surface area (Å²) in [6.45, 7) is 2.39. The number of nitrogens with zero attached hydrogens (tertiary/aromatic N) is 1. The van der Waals surface area contributed by atoms with E-state index in [9.17, 15) is 9.18 Å². The normalized spacial score (nSPS) is 10.7. The van der Waals surface area contributed by atoms with Crippen LogP contribution >= 0.6 is 11.6 Å². The molecule has 3 rings (SSSR count). The van der Waals surface area contributed by atoms with E-state index in [0.29, 0.717) is 17.4 Å². The summed E-state index contributed by atoms with van der Waals surface area (Å²) in [5.41, 5.74) is 2.84. The Morgan fingerprint density at radius 3 is 2.78 bits per heavy atom. The molecule has 0 aliphatic carbocycles. The molecule has 0 unspecified atom stereocenters. The van der Waals surface area contributed by atoms with Crippen molar-refractivity contribution in [3.8, 4) is 0 Å². The number of hydrogen-bond donors (Lipinski definition) is 1. The maximum absolute atomic E-state index is 13.2. The van der Waals surface area contributed by atoms with Gasteiger partial charge in [-0.3, -0.25) is 4.79 Å². The van der Waals surface area contributed by atoms with Gasteiger partial charge in [-0.15, -0.1) is 0 Å². The average Bonchev–Trinajstić information content (AvgIpc) is 2.53. The molecular weight excluding hydrogens is 315 g/mol. The number of aryl methyl sites for hydroxylation is 1. The molecule has 2 aromatic carbocycles. The summed E-state index contributed by atoms with van der Waals surface area (Å²) in [5.74, 6) is -0.699. The maximum Gasteiger partial charge on any atom is 0.254 e. The molecule has 0 atom stereocenters. The number of carbonyl (C=O) groups is 1. The quantitative estimate of drug-likeness (QED) is 0.730. The number of aromatic nitrogens is 1. The molecule has 0 saturated heterocycles. The molecule has 1 aromatic heterocycles. The molecule has 0 spiro atoms. The van der Waals surface area contributed by atoms with Gasteiger partial charge in [-0.05, 0) is 36.2 Å². The first-order chi connectivity index (χ1) is 11.0. The molecule has 3 nitrogen and oxygen atoms in total. The van der Waals surface area contributed by atoms with Crippen molar-refractivity contribution in [2.45, 2.75) is 13.5 Å². The fourth-order valence-corrected chi connectivity index (χ4v) is 2.59. The Balaban J connectivity index is 1.84. The standard InChI is InChI=1S/C18H14ClFN2O/c1-11-4-2-3-5-13(11)10-21-18(23)15-8-12-6-7-14(20)9-16(12)22-17(15)19/h2-9H,10H2,1H3,(H,21,23). The third-order valence-corrected chi connectivity index (χ3v) is 3.97. The van der Waals surface area contributed by atoms with Gasteiger partial charge in [0.05, 0.1) is 11.1 Å². The van der Waals surface area contributed by atoms with Crippen molar-refractivity contribution in [3.63, 3.8) is 0 Å². The molecular formula is C18H14ClFN2O. The van der Waals surface area contributed by atoms with Crippen molar-refractivity contribution in [2.24, 2.45) is 0 Å². The summed E-state index contributed by atoms with van der Waals surface area (Å²) >= 11 is 6.07. The van der Waals surface area contributed by atoms with Gasteiger partial charge in [-0.2, -0.15) is 0 Å². The molecule has 1 amide bonds. The third kappa shape index (κ3) is 3.32. The highest BCUT2D eigenvalue weighted by Gasteiger charge is 2.13. The molecule has 5 heteroatoms. The summed E-state index contributed by atoms with van der Waals surface area (Å²) in [6.07, 6.45) is 0. The minimum absolute atomic E-state index is 0.0605. The molecule has 0 bridgehead atoms. The molecule has 3 aromatic rings. The van der Waals surface area contributed by atoms with Crippen LogP contribution < -0.4 is 5.32 Å². The van der Waals surface area contributed by atoms with E-state index < -0.39 is 5.82 Å². The first-order valence-electron chi connectivity index (χ1n) is 7.13. The predicted octanol–water partition coefficient (Wildman–Crippen LogP) is 4.27. The number of carbonyl (C=O) groups excluding carboxylic acids is 1. The van der Waals surface area contributed by atoms with E-state index >= 15 is 0 Å². The highest BCUT2D eigenvalue weighted by atomic mass is 35.5. The molecule has 116 valence electrons. The van der Waals surface area contributed by atoms with Crippen LogP contribution in [0.2, 0.25) is 5.15 Å². The average molecular weight is 329 g/mol. The zero-order chi connectivity index (χ0) is 16.4. The second kappa shape index (κ2) is 6.34. The van der Waals surface area contributed by atoms with Gasteiger partial charge < -0.3 is 5.32 Å². The first kappa shape index (κ1) is 15.4. The van der Waals surface area contributed by atoms with E-state index in [0.717, 1.165) is 11.1 Å². The summed E-state index contributed by atoms with van der Waals surface area (Å²) < 4.78 is 13.2. The Morgan fingerprint density at radius 1 is 1.22 bits per heavy atom. The zero-order valence-corrected chi connectivity index (χ0v) is 13.2. The topological polar surface area (TPSA) is 42.0 Å². The van der Waals surface area contributed by atoms with Gasteiger partial charge in [0, 0.05) is 18.0 Å². The second-order valence-electron chi connectivity index (χ2n) is 5.27. The van der Waals surface area contributed by atoms with E-state index in [1.54, 1.807) is 12.1 Å². The van der Waals surface area contributed by atoms with Crippen LogP contribution in [0.5, 0.6) is 0 Å². The number of benzene rings is 2. The van der Waals surface area contributed by atoms with Gasteiger partial charge in [0.1, 0.15) is 11.0 Å². The minimum atomic E-state index is -0.391. The van der Waals surface area contributed by atoms with E-state index in [2.05, 4.69) is 10.3 Å². The molecule has 23 heavy (non-hydrogen) atoms. The Kier molecular flexibility index (Phi) is 4.26. The molecule has 0 fully saturated rings. The Morgan fingerprint density at radius 2 is 2.00 bits per heavy atom. The van der Waals surface area contributed by atoms with Crippen LogP contribution in [0.3, 0.4) is 0 Å². The second-order valence-corrected chi connectivity index (χ2v) is 5.63. The Labute approximate surface area is 138 Å². The number of fused-ring (bicyclic) bond motifs is 1. The van der Waals surface area contributed by atoms with Crippen LogP contribution in [-0.2, 0) is 6.54 Å². The molecule has 1 N–H and O–H groups in total. The van der Waals surface area contributed by atoms with Gasteiger partial charge >= 0.3 is 0 Å². The lowest BCUT2D eigenvalue weighted by Gasteiger charge is -2.09. The SMILES string of the molecule is Cc1ccccc1CNC(=O)c1cc2ccc(F)cc2nc1Cl. The van der Waals surface area contributed by atoms with Crippen LogP contribution in [-0.4, -0.2) is 10.9 Å². The van der Waals surface area contributed by atoms with Gasteiger partial charge in [0.25, 0.3) is 5.91 Å². The number of hydrogen-bond acceptors (Lipinski definition) is 2. The van der Waals surface area contributed by atoms with Crippen molar-refractivity contribution in [1.82, 2.24) is 10.3 Å². The predicted molar refractivity (Wildman–Crippen MR) is 89.1 cm³/mol. The fraction of sp³-hybridized carbons (Fsp3) is 0.111. The summed E-state index contributed by atoms with van der Waals surface area (Å²) in [5, 5.41) is 3.56.